The number of carboxylic acid groups (broad SMARTS) is 1. The maximum atomic E-state index is 13.4. The number of carbonyl (C=O) groups excluding carboxylic acids is 1. The zero-order valence-electron chi connectivity index (χ0n) is 15.1. The number of hydrogen-bond acceptors (Lipinski definition) is 4. The fourth-order valence-corrected chi connectivity index (χ4v) is 4.94. The Morgan fingerprint density at radius 3 is 2.46 bits per heavy atom. The van der Waals surface area contributed by atoms with Crippen LogP contribution in [0.3, 0.4) is 0 Å². The van der Waals surface area contributed by atoms with Crippen molar-refractivity contribution >= 4 is 44.0 Å². The molecule has 1 amide bonds. The number of nitrogens with zero attached hydrogens (tertiary/aromatic N) is 2. The largest absolute Gasteiger partial charge is 0.478 e. The Balaban J connectivity index is 1.95. The summed E-state index contributed by atoms with van der Waals surface area (Å²) in [6, 6.07) is 13.9. The molecule has 3 aromatic carbocycles. The van der Waals surface area contributed by atoms with Gasteiger partial charge in [-0.1, -0.05) is 24.3 Å². The van der Waals surface area contributed by atoms with E-state index in [0.717, 1.165) is 4.31 Å². The molecule has 142 valence electrons. The number of carbonyl (C=O) groups is 2. The van der Waals surface area contributed by atoms with Crippen LogP contribution in [0.15, 0.2) is 59.5 Å². The van der Waals surface area contributed by atoms with Crippen molar-refractivity contribution in [2.45, 2.75) is 4.90 Å². The summed E-state index contributed by atoms with van der Waals surface area (Å²) in [5.74, 6) is -1.41. The summed E-state index contributed by atoms with van der Waals surface area (Å²) in [5, 5.41) is 10.4. The van der Waals surface area contributed by atoms with Crippen LogP contribution in [0, 0.1) is 0 Å². The third-order valence-corrected chi connectivity index (χ3v) is 6.82. The Bertz CT molecular complexity index is 1270. The minimum absolute atomic E-state index is 0.0129. The van der Waals surface area contributed by atoms with E-state index in [9.17, 15) is 23.1 Å². The lowest BCUT2D eigenvalue weighted by Gasteiger charge is -2.22. The average molecular weight is 396 g/mol. The predicted octanol–water partition coefficient (Wildman–Crippen LogP) is 2.95. The van der Waals surface area contributed by atoms with Crippen LogP contribution in [0.1, 0.15) is 20.7 Å². The van der Waals surface area contributed by atoms with Crippen LogP contribution in [-0.2, 0) is 10.0 Å². The Morgan fingerprint density at radius 2 is 1.75 bits per heavy atom. The molecule has 0 unspecified atom stereocenters. The van der Waals surface area contributed by atoms with Gasteiger partial charge < -0.3 is 10.0 Å². The van der Waals surface area contributed by atoms with Crippen LogP contribution < -0.4 is 9.21 Å². The molecule has 0 bridgehead atoms. The number of anilines is 2. The molecule has 0 aliphatic carbocycles. The van der Waals surface area contributed by atoms with Gasteiger partial charge in [0.1, 0.15) is 0 Å². The van der Waals surface area contributed by atoms with Crippen molar-refractivity contribution in [3.63, 3.8) is 0 Å². The van der Waals surface area contributed by atoms with Crippen LogP contribution in [0.25, 0.3) is 10.8 Å². The summed E-state index contributed by atoms with van der Waals surface area (Å²) in [4.78, 5) is 25.4. The van der Waals surface area contributed by atoms with E-state index in [-0.39, 0.29) is 22.1 Å². The predicted molar refractivity (Wildman–Crippen MR) is 106 cm³/mol. The first-order chi connectivity index (χ1) is 13.2. The van der Waals surface area contributed by atoms with Crippen LogP contribution >= 0.6 is 0 Å². The quantitative estimate of drug-likeness (QED) is 0.732. The summed E-state index contributed by atoms with van der Waals surface area (Å²) < 4.78 is 27.7. The van der Waals surface area contributed by atoms with Crippen LogP contribution in [0.4, 0.5) is 11.4 Å². The molecule has 1 aliphatic rings. The van der Waals surface area contributed by atoms with E-state index in [0.29, 0.717) is 22.0 Å². The first kappa shape index (κ1) is 18.0. The second kappa shape index (κ2) is 6.07. The van der Waals surface area contributed by atoms with Crippen molar-refractivity contribution in [1.29, 1.82) is 0 Å². The topological polar surface area (TPSA) is 95.0 Å². The number of aromatic carboxylic acids is 1. The molecule has 0 saturated carbocycles. The first-order valence-corrected chi connectivity index (χ1v) is 9.84. The van der Waals surface area contributed by atoms with Crippen molar-refractivity contribution in [2.24, 2.45) is 0 Å². The van der Waals surface area contributed by atoms with E-state index < -0.39 is 16.0 Å². The van der Waals surface area contributed by atoms with Crippen LogP contribution in [0.5, 0.6) is 0 Å². The SMILES string of the molecule is CN1C(=O)c2cccc3c(S(=O)(=O)N(C)c4ccccc4C(=O)O)ccc1c23. The standard InChI is InChI=1S/C20H16N2O5S/c1-21-16-10-11-17(13-7-5-8-14(18(13)16)19(21)23)28(26,27)22(2)15-9-4-3-6-12(15)20(24)25/h3-11H,1-2H3,(H,24,25). The molecule has 1 N–H and O–H groups in total. The zero-order chi connectivity index (χ0) is 20.2. The van der Waals surface area contributed by atoms with E-state index in [2.05, 4.69) is 0 Å². The van der Waals surface area contributed by atoms with E-state index in [1.165, 1.54) is 36.2 Å². The minimum Gasteiger partial charge on any atom is -0.478 e. The maximum Gasteiger partial charge on any atom is 0.337 e. The van der Waals surface area contributed by atoms with Gasteiger partial charge in [0.2, 0.25) is 0 Å². The molecule has 0 aromatic heterocycles. The van der Waals surface area contributed by atoms with Gasteiger partial charge in [-0.15, -0.1) is 0 Å². The summed E-state index contributed by atoms with van der Waals surface area (Å²) in [5.41, 5.74) is 1.03. The molecule has 0 radical (unpaired) electrons. The van der Waals surface area contributed by atoms with Gasteiger partial charge in [-0.05, 0) is 30.3 Å². The molecule has 0 spiro atoms. The molecular formula is C20H16N2O5S. The Hall–Kier alpha value is -3.39. The lowest BCUT2D eigenvalue weighted by atomic mass is 10.1. The van der Waals surface area contributed by atoms with Crippen LogP contribution in [0.2, 0.25) is 0 Å². The van der Waals surface area contributed by atoms with Gasteiger partial charge in [-0.2, -0.15) is 0 Å². The van der Waals surface area contributed by atoms with Gasteiger partial charge in [0.15, 0.2) is 0 Å². The second-order valence-electron chi connectivity index (χ2n) is 6.47. The normalized spacial score (nSPS) is 13.2. The van der Waals surface area contributed by atoms with Crippen molar-refractivity contribution in [2.75, 3.05) is 23.3 Å². The first-order valence-electron chi connectivity index (χ1n) is 8.40. The molecule has 7 nitrogen and oxygen atoms in total. The second-order valence-corrected chi connectivity index (χ2v) is 8.41. The minimum atomic E-state index is -4.08. The highest BCUT2D eigenvalue weighted by Crippen LogP contribution is 2.40. The number of benzene rings is 3. The number of amides is 1. The molecule has 0 atom stereocenters. The molecule has 28 heavy (non-hydrogen) atoms. The summed E-state index contributed by atoms with van der Waals surface area (Å²) in [6.45, 7) is 0. The van der Waals surface area contributed by atoms with Gasteiger partial charge in [-0.25, -0.2) is 13.2 Å². The molecular weight excluding hydrogens is 380 g/mol. The van der Waals surface area contributed by atoms with Gasteiger partial charge in [0.25, 0.3) is 15.9 Å². The van der Waals surface area contributed by atoms with E-state index in [4.69, 9.17) is 0 Å². The lowest BCUT2D eigenvalue weighted by Crippen LogP contribution is -2.28. The number of hydrogen-bond donors (Lipinski definition) is 1. The molecule has 3 aromatic rings. The average Bonchev–Trinajstić information content (AvgIpc) is 2.94. The van der Waals surface area contributed by atoms with Gasteiger partial charge in [0.05, 0.1) is 21.8 Å². The number of para-hydroxylation sites is 1. The molecule has 0 fully saturated rings. The molecule has 4 rings (SSSR count). The third kappa shape index (κ3) is 2.38. The Morgan fingerprint density at radius 1 is 1.04 bits per heavy atom. The molecule has 1 aliphatic heterocycles. The summed E-state index contributed by atoms with van der Waals surface area (Å²) >= 11 is 0. The zero-order valence-corrected chi connectivity index (χ0v) is 15.9. The fourth-order valence-electron chi connectivity index (χ4n) is 3.54. The number of sulfonamides is 1. The monoisotopic (exact) mass is 396 g/mol. The lowest BCUT2D eigenvalue weighted by molar-refractivity contribution is 0.0697. The fraction of sp³-hybridized carbons (Fsp3) is 0.100. The van der Waals surface area contributed by atoms with Gasteiger partial charge in [0, 0.05) is 30.4 Å². The van der Waals surface area contributed by atoms with Gasteiger partial charge in [-0.3, -0.25) is 9.10 Å². The Kier molecular flexibility index (Phi) is 3.90. The van der Waals surface area contributed by atoms with Crippen LogP contribution in [-0.4, -0.2) is 39.5 Å². The van der Waals surface area contributed by atoms with Crippen molar-refractivity contribution in [3.05, 3.63) is 65.7 Å². The third-order valence-electron chi connectivity index (χ3n) is 4.99. The highest BCUT2D eigenvalue weighted by atomic mass is 32.2. The van der Waals surface area contributed by atoms with Crippen molar-refractivity contribution in [1.82, 2.24) is 0 Å². The van der Waals surface area contributed by atoms with E-state index >= 15 is 0 Å². The highest BCUT2D eigenvalue weighted by Gasteiger charge is 2.32. The number of carboxylic acids is 1. The van der Waals surface area contributed by atoms with Crippen molar-refractivity contribution < 1.29 is 23.1 Å². The van der Waals surface area contributed by atoms with Crippen molar-refractivity contribution in [3.8, 4) is 0 Å². The van der Waals surface area contributed by atoms with E-state index in [1.807, 2.05) is 0 Å². The Labute approximate surface area is 161 Å². The summed E-state index contributed by atoms with van der Waals surface area (Å²) in [6.07, 6.45) is 0. The highest BCUT2D eigenvalue weighted by molar-refractivity contribution is 7.93. The summed E-state index contributed by atoms with van der Waals surface area (Å²) in [7, 11) is -1.12. The molecule has 0 saturated heterocycles. The molecule has 8 heteroatoms. The molecule has 1 heterocycles. The maximum absolute atomic E-state index is 13.4. The van der Waals surface area contributed by atoms with Gasteiger partial charge >= 0.3 is 5.97 Å². The van der Waals surface area contributed by atoms with E-state index in [1.54, 1.807) is 37.4 Å². The smallest absolute Gasteiger partial charge is 0.337 e. The number of rotatable bonds is 4.